The van der Waals surface area contributed by atoms with Crippen molar-refractivity contribution in [1.82, 2.24) is 15.1 Å². The first kappa shape index (κ1) is 20.6. The van der Waals surface area contributed by atoms with Crippen molar-refractivity contribution >= 4 is 11.7 Å². The molecule has 1 aromatic carbocycles. The highest BCUT2D eigenvalue weighted by atomic mass is 16.2. The van der Waals surface area contributed by atoms with Crippen LogP contribution in [0.25, 0.3) is 0 Å². The second-order valence-corrected chi connectivity index (χ2v) is 8.71. The summed E-state index contributed by atoms with van der Waals surface area (Å²) in [5.74, 6) is 1.35. The molecule has 1 aliphatic heterocycles. The smallest absolute Gasteiger partial charge is 0.267 e. The molecular weight excluding hydrogens is 376 g/mol. The maximum absolute atomic E-state index is 12.4. The topological polar surface area (TPSA) is 67.2 Å². The third kappa shape index (κ3) is 5.49. The van der Waals surface area contributed by atoms with Crippen LogP contribution in [0.3, 0.4) is 0 Å². The van der Waals surface area contributed by atoms with Gasteiger partial charge in [0.1, 0.15) is 12.4 Å². The van der Waals surface area contributed by atoms with E-state index >= 15 is 0 Å². The van der Waals surface area contributed by atoms with Crippen molar-refractivity contribution in [3.05, 3.63) is 58.4 Å². The van der Waals surface area contributed by atoms with Crippen LogP contribution < -0.4 is 15.8 Å². The Morgan fingerprint density at radius 3 is 2.43 bits per heavy atom. The van der Waals surface area contributed by atoms with Gasteiger partial charge in [-0.25, -0.2) is 4.68 Å². The molecule has 30 heavy (non-hydrogen) atoms. The molecule has 6 nitrogen and oxygen atoms in total. The van der Waals surface area contributed by atoms with Gasteiger partial charge in [-0.3, -0.25) is 9.59 Å². The largest absolute Gasteiger partial charge is 0.355 e. The zero-order valence-corrected chi connectivity index (χ0v) is 17.6. The first-order chi connectivity index (χ1) is 14.7. The van der Waals surface area contributed by atoms with Gasteiger partial charge in [0.2, 0.25) is 5.91 Å². The van der Waals surface area contributed by atoms with E-state index in [1.54, 1.807) is 6.07 Å². The van der Waals surface area contributed by atoms with Gasteiger partial charge in [0, 0.05) is 25.2 Å². The summed E-state index contributed by atoms with van der Waals surface area (Å²) in [7, 11) is 0. The van der Waals surface area contributed by atoms with E-state index in [4.69, 9.17) is 0 Å². The van der Waals surface area contributed by atoms with E-state index in [0.717, 1.165) is 51.0 Å². The number of hydrogen-bond acceptors (Lipinski definition) is 4. The van der Waals surface area contributed by atoms with Crippen LogP contribution in [0.5, 0.6) is 0 Å². The SMILES string of the molecule is O=C(Cn1nc(N2CCC(Cc3ccccc3)CC2)ccc1=O)NC1CCCCC1. The van der Waals surface area contributed by atoms with Crippen LogP contribution in [0, 0.1) is 5.92 Å². The van der Waals surface area contributed by atoms with Gasteiger partial charge in [0.05, 0.1) is 0 Å². The maximum Gasteiger partial charge on any atom is 0.267 e. The lowest BCUT2D eigenvalue weighted by molar-refractivity contribution is -0.122. The van der Waals surface area contributed by atoms with E-state index in [0.29, 0.717) is 5.92 Å². The number of amides is 1. The molecule has 6 heteroatoms. The molecule has 2 aromatic rings. The Hall–Kier alpha value is -2.63. The predicted octanol–water partition coefficient (Wildman–Crippen LogP) is 3.15. The molecule has 1 saturated carbocycles. The van der Waals surface area contributed by atoms with Gasteiger partial charge < -0.3 is 10.2 Å². The fourth-order valence-corrected chi connectivity index (χ4v) is 4.69. The summed E-state index contributed by atoms with van der Waals surface area (Å²) in [4.78, 5) is 26.9. The van der Waals surface area contributed by atoms with Crippen LogP contribution in [-0.2, 0) is 17.8 Å². The second kappa shape index (κ2) is 9.92. The van der Waals surface area contributed by atoms with Crippen LogP contribution in [0.4, 0.5) is 5.82 Å². The molecule has 0 unspecified atom stereocenters. The maximum atomic E-state index is 12.4. The van der Waals surface area contributed by atoms with Gasteiger partial charge in [-0.2, -0.15) is 5.10 Å². The predicted molar refractivity (Wildman–Crippen MR) is 119 cm³/mol. The van der Waals surface area contributed by atoms with Gasteiger partial charge in [-0.05, 0) is 49.7 Å². The Bertz CT molecular complexity index is 882. The lowest BCUT2D eigenvalue weighted by Crippen LogP contribution is -2.41. The molecule has 1 amide bonds. The summed E-state index contributed by atoms with van der Waals surface area (Å²) in [5, 5.41) is 7.58. The van der Waals surface area contributed by atoms with Crippen LogP contribution in [-0.4, -0.2) is 34.8 Å². The minimum absolute atomic E-state index is 0.00630. The van der Waals surface area contributed by atoms with E-state index in [1.165, 1.54) is 35.6 Å². The third-order valence-electron chi connectivity index (χ3n) is 6.42. The molecule has 2 aliphatic rings. The van der Waals surface area contributed by atoms with E-state index in [9.17, 15) is 9.59 Å². The summed E-state index contributed by atoms with van der Waals surface area (Å²) in [5.41, 5.74) is 1.17. The fourth-order valence-electron chi connectivity index (χ4n) is 4.69. The zero-order valence-electron chi connectivity index (χ0n) is 17.6. The first-order valence-corrected chi connectivity index (χ1v) is 11.3. The molecule has 2 heterocycles. The standard InChI is InChI=1S/C24H32N4O2/c29-23(25-21-9-5-2-6-10-21)18-28-24(30)12-11-22(26-28)27-15-13-20(14-16-27)17-19-7-3-1-4-8-19/h1,3-4,7-8,11-12,20-21H,2,5-6,9-10,13-18H2,(H,25,29). The number of anilines is 1. The molecule has 1 N–H and O–H groups in total. The van der Waals surface area contributed by atoms with Gasteiger partial charge in [-0.15, -0.1) is 0 Å². The summed E-state index contributed by atoms with van der Waals surface area (Å²) < 4.78 is 1.31. The lowest BCUT2D eigenvalue weighted by atomic mass is 9.90. The first-order valence-electron chi connectivity index (χ1n) is 11.3. The number of piperidine rings is 1. The van der Waals surface area contributed by atoms with Crippen molar-refractivity contribution in [2.45, 2.75) is 64.0 Å². The van der Waals surface area contributed by atoms with Gasteiger partial charge in [-0.1, -0.05) is 49.6 Å². The zero-order chi connectivity index (χ0) is 20.8. The van der Waals surface area contributed by atoms with Crippen LogP contribution >= 0.6 is 0 Å². The molecule has 1 saturated heterocycles. The van der Waals surface area contributed by atoms with E-state index < -0.39 is 0 Å². The Labute approximate surface area is 178 Å². The Kier molecular flexibility index (Phi) is 6.82. The number of hydrogen-bond donors (Lipinski definition) is 1. The van der Waals surface area contributed by atoms with Crippen molar-refractivity contribution in [1.29, 1.82) is 0 Å². The van der Waals surface area contributed by atoms with Crippen molar-refractivity contribution in [2.24, 2.45) is 5.92 Å². The van der Waals surface area contributed by atoms with Gasteiger partial charge in [0.25, 0.3) is 5.56 Å². The van der Waals surface area contributed by atoms with E-state index in [2.05, 4.69) is 45.6 Å². The minimum Gasteiger partial charge on any atom is -0.355 e. The molecule has 0 spiro atoms. The van der Waals surface area contributed by atoms with Crippen molar-refractivity contribution < 1.29 is 4.79 Å². The number of carbonyl (C=O) groups excluding carboxylic acids is 1. The minimum atomic E-state index is -0.225. The molecule has 2 fully saturated rings. The van der Waals surface area contributed by atoms with E-state index in [-0.39, 0.29) is 24.1 Å². The lowest BCUT2D eigenvalue weighted by Gasteiger charge is -2.33. The second-order valence-electron chi connectivity index (χ2n) is 8.71. The van der Waals surface area contributed by atoms with Crippen molar-refractivity contribution in [3.8, 4) is 0 Å². The molecule has 1 aliphatic carbocycles. The fraction of sp³-hybridized carbons (Fsp3) is 0.542. The Balaban J connectivity index is 1.32. The molecule has 4 rings (SSSR count). The van der Waals surface area contributed by atoms with Crippen molar-refractivity contribution in [3.63, 3.8) is 0 Å². The molecule has 0 atom stereocenters. The average molecular weight is 409 g/mol. The normalized spacial score (nSPS) is 18.3. The Morgan fingerprint density at radius 2 is 1.70 bits per heavy atom. The molecular formula is C24H32N4O2. The summed E-state index contributed by atoms with van der Waals surface area (Å²) in [6, 6.07) is 14.2. The Morgan fingerprint density at radius 1 is 0.967 bits per heavy atom. The quantitative estimate of drug-likeness (QED) is 0.797. The number of rotatable bonds is 6. The molecule has 0 radical (unpaired) electrons. The number of nitrogens with zero attached hydrogens (tertiary/aromatic N) is 3. The number of benzene rings is 1. The highest BCUT2D eigenvalue weighted by molar-refractivity contribution is 5.76. The number of aromatic nitrogens is 2. The highest BCUT2D eigenvalue weighted by Gasteiger charge is 2.22. The molecule has 0 bridgehead atoms. The summed E-state index contributed by atoms with van der Waals surface area (Å²) in [6.07, 6.45) is 8.98. The van der Waals surface area contributed by atoms with Gasteiger partial charge >= 0.3 is 0 Å². The van der Waals surface area contributed by atoms with Crippen LogP contribution in [0.2, 0.25) is 0 Å². The average Bonchev–Trinajstić information content (AvgIpc) is 2.77. The highest BCUT2D eigenvalue weighted by Crippen LogP contribution is 2.24. The van der Waals surface area contributed by atoms with Gasteiger partial charge in [0.15, 0.2) is 0 Å². The number of carbonyl (C=O) groups is 1. The van der Waals surface area contributed by atoms with Crippen LogP contribution in [0.15, 0.2) is 47.3 Å². The van der Waals surface area contributed by atoms with E-state index in [1.807, 2.05) is 0 Å². The summed E-state index contributed by atoms with van der Waals surface area (Å²) in [6.45, 7) is 1.85. The van der Waals surface area contributed by atoms with Crippen LogP contribution in [0.1, 0.15) is 50.5 Å². The van der Waals surface area contributed by atoms with Crippen molar-refractivity contribution in [2.75, 3.05) is 18.0 Å². The third-order valence-corrected chi connectivity index (χ3v) is 6.42. The monoisotopic (exact) mass is 408 g/mol. The summed E-state index contributed by atoms with van der Waals surface area (Å²) >= 11 is 0. The molecule has 1 aromatic heterocycles. The molecule has 160 valence electrons. The number of nitrogens with one attached hydrogen (secondary N) is 1.